The van der Waals surface area contributed by atoms with Crippen LogP contribution in [0.2, 0.25) is 0 Å². The quantitative estimate of drug-likeness (QED) is 0.494. The number of fused-ring (bicyclic) bond motifs is 1. The average molecular weight is 433 g/mol. The largest absolute Gasteiger partial charge is 0.324 e. The SMILES string of the molecule is Cc1c(C(=O)Nc2ccccc2)sc2ncn([C@H](C)C(=O)Nc3ccccc3)c(=O)c12. The predicted molar refractivity (Wildman–Crippen MR) is 123 cm³/mol. The van der Waals surface area contributed by atoms with Gasteiger partial charge in [-0.1, -0.05) is 36.4 Å². The molecule has 2 amide bonds. The highest BCUT2D eigenvalue weighted by Crippen LogP contribution is 2.28. The Kier molecular flexibility index (Phi) is 5.64. The molecule has 0 unspecified atom stereocenters. The summed E-state index contributed by atoms with van der Waals surface area (Å²) in [5.41, 5.74) is 1.51. The summed E-state index contributed by atoms with van der Waals surface area (Å²) in [5, 5.41) is 5.98. The number of aryl methyl sites for hydroxylation is 1. The molecule has 31 heavy (non-hydrogen) atoms. The van der Waals surface area contributed by atoms with E-state index in [4.69, 9.17) is 0 Å². The van der Waals surface area contributed by atoms with Gasteiger partial charge in [0.2, 0.25) is 5.91 Å². The Labute approximate surface area is 182 Å². The van der Waals surface area contributed by atoms with Crippen molar-refractivity contribution >= 4 is 44.7 Å². The van der Waals surface area contributed by atoms with Crippen LogP contribution in [0.4, 0.5) is 11.4 Å². The molecule has 0 spiro atoms. The van der Waals surface area contributed by atoms with E-state index in [0.29, 0.717) is 32.0 Å². The molecule has 2 N–H and O–H groups in total. The Morgan fingerprint density at radius 1 is 0.968 bits per heavy atom. The van der Waals surface area contributed by atoms with E-state index < -0.39 is 6.04 Å². The molecule has 0 saturated carbocycles. The van der Waals surface area contributed by atoms with Crippen LogP contribution in [-0.2, 0) is 4.79 Å². The highest BCUT2D eigenvalue weighted by atomic mass is 32.1. The van der Waals surface area contributed by atoms with Crippen molar-refractivity contribution in [3.05, 3.63) is 87.8 Å². The first kappa shape index (κ1) is 20.5. The summed E-state index contributed by atoms with van der Waals surface area (Å²) in [5.74, 6) is -0.628. The van der Waals surface area contributed by atoms with Crippen molar-refractivity contribution < 1.29 is 9.59 Å². The molecule has 8 heteroatoms. The van der Waals surface area contributed by atoms with Crippen molar-refractivity contribution in [2.75, 3.05) is 10.6 Å². The number of hydrogen-bond donors (Lipinski definition) is 2. The fourth-order valence-corrected chi connectivity index (χ4v) is 4.27. The van der Waals surface area contributed by atoms with E-state index in [0.717, 1.165) is 11.3 Å². The van der Waals surface area contributed by atoms with Crippen LogP contribution in [0.25, 0.3) is 10.2 Å². The molecule has 0 aliphatic carbocycles. The number of nitrogens with one attached hydrogen (secondary N) is 2. The number of nitrogens with zero attached hydrogens (tertiary/aromatic N) is 2. The standard InChI is InChI=1S/C23H20N4O3S/c1-14-18-22(31-19(14)21(29)26-17-11-7-4-8-12-17)24-13-27(23(18)30)15(2)20(28)25-16-9-5-3-6-10-16/h3-13,15H,1-2H3,(H,25,28)(H,26,29)/t15-/m1/s1. The van der Waals surface area contributed by atoms with Crippen LogP contribution in [0.3, 0.4) is 0 Å². The smallest absolute Gasteiger partial charge is 0.266 e. The number of para-hydroxylation sites is 2. The summed E-state index contributed by atoms with van der Waals surface area (Å²) in [6, 6.07) is 17.4. The maximum atomic E-state index is 13.2. The van der Waals surface area contributed by atoms with Crippen molar-refractivity contribution in [2.24, 2.45) is 0 Å². The molecular formula is C23H20N4O3S. The minimum Gasteiger partial charge on any atom is -0.324 e. The van der Waals surface area contributed by atoms with Gasteiger partial charge in [-0.3, -0.25) is 19.0 Å². The molecule has 1 atom stereocenters. The van der Waals surface area contributed by atoms with E-state index in [1.807, 2.05) is 36.4 Å². The lowest BCUT2D eigenvalue weighted by atomic mass is 10.2. The van der Waals surface area contributed by atoms with Crippen LogP contribution in [-0.4, -0.2) is 21.4 Å². The van der Waals surface area contributed by atoms with Crippen molar-refractivity contribution in [1.82, 2.24) is 9.55 Å². The summed E-state index contributed by atoms with van der Waals surface area (Å²) >= 11 is 1.16. The monoisotopic (exact) mass is 432 g/mol. The van der Waals surface area contributed by atoms with Crippen molar-refractivity contribution in [1.29, 1.82) is 0 Å². The van der Waals surface area contributed by atoms with Gasteiger partial charge in [0.15, 0.2) is 0 Å². The van der Waals surface area contributed by atoms with E-state index in [-0.39, 0.29) is 17.4 Å². The molecule has 0 fully saturated rings. The molecular weight excluding hydrogens is 412 g/mol. The lowest BCUT2D eigenvalue weighted by Crippen LogP contribution is -2.31. The van der Waals surface area contributed by atoms with Crippen molar-refractivity contribution in [3.63, 3.8) is 0 Å². The normalized spacial score (nSPS) is 11.8. The van der Waals surface area contributed by atoms with Gasteiger partial charge in [0, 0.05) is 11.4 Å². The zero-order chi connectivity index (χ0) is 22.0. The number of anilines is 2. The Hall–Kier alpha value is -3.78. The van der Waals surface area contributed by atoms with Crippen LogP contribution in [0, 0.1) is 6.92 Å². The molecule has 0 radical (unpaired) electrons. The van der Waals surface area contributed by atoms with Gasteiger partial charge >= 0.3 is 0 Å². The third-order valence-electron chi connectivity index (χ3n) is 4.95. The lowest BCUT2D eigenvalue weighted by Gasteiger charge is -2.15. The molecule has 7 nitrogen and oxygen atoms in total. The molecule has 0 bridgehead atoms. The molecule has 156 valence electrons. The van der Waals surface area contributed by atoms with E-state index in [2.05, 4.69) is 15.6 Å². The summed E-state index contributed by atoms with van der Waals surface area (Å²) in [6.45, 7) is 3.36. The van der Waals surface area contributed by atoms with E-state index in [9.17, 15) is 14.4 Å². The molecule has 0 saturated heterocycles. The number of benzene rings is 2. The molecule has 0 aliphatic heterocycles. The van der Waals surface area contributed by atoms with Gasteiger partial charge in [0.1, 0.15) is 10.9 Å². The van der Waals surface area contributed by atoms with Gasteiger partial charge in [-0.15, -0.1) is 11.3 Å². The zero-order valence-corrected chi connectivity index (χ0v) is 17.8. The second-order valence-corrected chi connectivity index (χ2v) is 8.04. The Morgan fingerprint density at radius 3 is 2.16 bits per heavy atom. The summed E-state index contributed by atoms with van der Waals surface area (Å²) < 4.78 is 1.29. The second kappa shape index (κ2) is 8.53. The van der Waals surface area contributed by atoms with Crippen molar-refractivity contribution in [3.8, 4) is 0 Å². The minimum absolute atomic E-state index is 0.299. The van der Waals surface area contributed by atoms with Gasteiger partial charge in [-0.2, -0.15) is 0 Å². The summed E-state index contributed by atoms with van der Waals surface area (Å²) in [6.07, 6.45) is 1.36. The number of hydrogen-bond acceptors (Lipinski definition) is 5. The van der Waals surface area contributed by atoms with E-state index in [1.165, 1.54) is 10.9 Å². The van der Waals surface area contributed by atoms with Gasteiger partial charge in [0.05, 0.1) is 16.6 Å². The van der Waals surface area contributed by atoms with Gasteiger partial charge in [0.25, 0.3) is 11.5 Å². The summed E-state index contributed by atoms with van der Waals surface area (Å²) in [7, 11) is 0. The number of thiophene rings is 1. The highest BCUT2D eigenvalue weighted by Gasteiger charge is 2.23. The first-order valence-corrected chi connectivity index (χ1v) is 10.5. The third kappa shape index (κ3) is 4.10. The first-order chi connectivity index (χ1) is 15.0. The highest BCUT2D eigenvalue weighted by molar-refractivity contribution is 7.20. The van der Waals surface area contributed by atoms with Gasteiger partial charge in [-0.25, -0.2) is 4.98 Å². The Bertz CT molecular complexity index is 1310. The molecule has 2 aromatic carbocycles. The van der Waals surface area contributed by atoms with Crippen LogP contribution < -0.4 is 16.2 Å². The summed E-state index contributed by atoms with van der Waals surface area (Å²) in [4.78, 5) is 43.8. The van der Waals surface area contributed by atoms with E-state index >= 15 is 0 Å². The second-order valence-electron chi connectivity index (χ2n) is 7.04. The molecule has 2 aromatic heterocycles. The zero-order valence-electron chi connectivity index (χ0n) is 17.0. The lowest BCUT2D eigenvalue weighted by molar-refractivity contribution is -0.118. The van der Waals surface area contributed by atoms with Crippen LogP contribution in [0.15, 0.2) is 71.8 Å². The maximum Gasteiger partial charge on any atom is 0.266 e. The van der Waals surface area contributed by atoms with Crippen LogP contribution in [0.1, 0.15) is 28.2 Å². The topological polar surface area (TPSA) is 93.1 Å². The van der Waals surface area contributed by atoms with Crippen LogP contribution >= 0.6 is 11.3 Å². The number of carbonyl (C=O) groups excluding carboxylic acids is 2. The fraction of sp³-hybridized carbons (Fsp3) is 0.130. The number of amides is 2. The first-order valence-electron chi connectivity index (χ1n) is 9.68. The molecule has 0 aliphatic rings. The number of rotatable bonds is 5. The molecule has 2 heterocycles. The number of aromatic nitrogens is 2. The van der Waals surface area contributed by atoms with E-state index in [1.54, 1.807) is 38.1 Å². The Morgan fingerprint density at radius 2 is 1.55 bits per heavy atom. The van der Waals surface area contributed by atoms with Crippen molar-refractivity contribution in [2.45, 2.75) is 19.9 Å². The Balaban J connectivity index is 1.64. The number of carbonyl (C=O) groups is 2. The molecule has 4 rings (SSSR count). The maximum absolute atomic E-state index is 13.2. The van der Waals surface area contributed by atoms with Gasteiger partial charge in [-0.05, 0) is 43.7 Å². The minimum atomic E-state index is -0.773. The molecule has 4 aromatic rings. The third-order valence-corrected chi connectivity index (χ3v) is 6.15. The fourth-order valence-electron chi connectivity index (χ4n) is 3.23. The predicted octanol–water partition coefficient (Wildman–Crippen LogP) is 4.22. The van der Waals surface area contributed by atoms with Gasteiger partial charge < -0.3 is 10.6 Å². The van der Waals surface area contributed by atoms with Crippen LogP contribution in [0.5, 0.6) is 0 Å². The average Bonchev–Trinajstić information content (AvgIpc) is 3.12.